The van der Waals surface area contributed by atoms with E-state index in [1.165, 1.54) is 0 Å². The number of ether oxygens (including phenoxy) is 1. The predicted octanol–water partition coefficient (Wildman–Crippen LogP) is 3.24. The number of nitrogens with two attached hydrogens (primary N) is 1. The summed E-state index contributed by atoms with van der Waals surface area (Å²) < 4.78 is 7.49. The fourth-order valence-corrected chi connectivity index (χ4v) is 4.61. The number of benzene rings is 1. The van der Waals surface area contributed by atoms with Gasteiger partial charge < -0.3 is 15.4 Å². The Morgan fingerprint density at radius 1 is 1.06 bits per heavy atom. The maximum Gasteiger partial charge on any atom is 0.258 e. The Hall–Kier alpha value is -3.46. The first-order valence-electron chi connectivity index (χ1n) is 11.5. The summed E-state index contributed by atoms with van der Waals surface area (Å²) in [5.41, 5.74) is 8.58. The van der Waals surface area contributed by atoms with Crippen LogP contribution in [0.1, 0.15) is 58.9 Å². The van der Waals surface area contributed by atoms with E-state index in [1.807, 2.05) is 9.47 Å². The molecule has 4 heterocycles. The van der Waals surface area contributed by atoms with E-state index in [0.29, 0.717) is 47.1 Å². The first kappa shape index (κ1) is 21.4. The highest BCUT2D eigenvalue weighted by Crippen LogP contribution is 2.30. The van der Waals surface area contributed by atoms with Gasteiger partial charge in [-0.25, -0.2) is 9.97 Å². The van der Waals surface area contributed by atoms with E-state index in [4.69, 9.17) is 10.5 Å². The van der Waals surface area contributed by atoms with Crippen LogP contribution in [0.5, 0.6) is 0 Å². The SMILES string of the molecule is Nc1cccc(C(=O)Nc2nc3cc(C(=O)N4CCCCC4)cnc3n2C2CCOCC2)c1. The summed E-state index contributed by atoms with van der Waals surface area (Å²) >= 11 is 0. The lowest BCUT2D eigenvalue weighted by Crippen LogP contribution is -2.35. The molecular formula is C24H28N6O3. The second-order valence-corrected chi connectivity index (χ2v) is 8.65. The third kappa shape index (κ3) is 4.41. The van der Waals surface area contributed by atoms with Gasteiger partial charge in [-0.15, -0.1) is 0 Å². The van der Waals surface area contributed by atoms with Crippen molar-refractivity contribution in [2.75, 3.05) is 37.4 Å². The minimum absolute atomic E-state index is 0.0185. The number of aromatic nitrogens is 3. The van der Waals surface area contributed by atoms with Crippen molar-refractivity contribution >= 4 is 34.6 Å². The van der Waals surface area contributed by atoms with E-state index < -0.39 is 0 Å². The molecule has 2 aliphatic rings. The molecule has 3 N–H and O–H groups in total. The summed E-state index contributed by atoms with van der Waals surface area (Å²) in [4.78, 5) is 37.1. The van der Waals surface area contributed by atoms with Gasteiger partial charge in [0, 0.05) is 49.8 Å². The van der Waals surface area contributed by atoms with Crippen molar-refractivity contribution < 1.29 is 14.3 Å². The largest absolute Gasteiger partial charge is 0.399 e. The van der Waals surface area contributed by atoms with Crippen molar-refractivity contribution in [1.82, 2.24) is 19.4 Å². The number of hydrogen-bond acceptors (Lipinski definition) is 6. The minimum atomic E-state index is -0.296. The fourth-order valence-electron chi connectivity index (χ4n) is 4.61. The maximum absolute atomic E-state index is 13.0. The number of nitrogen functional groups attached to an aromatic ring is 1. The number of hydrogen-bond donors (Lipinski definition) is 2. The van der Waals surface area contributed by atoms with E-state index >= 15 is 0 Å². The molecule has 0 aliphatic carbocycles. The predicted molar refractivity (Wildman–Crippen MR) is 125 cm³/mol. The number of pyridine rings is 1. The van der Waals surface area contributed by atoms with Gasteiger partial charge in [0.05, 0.1) is 5.56 Å². The molecule has 0 radical (unpaired) electrons. The molecule has 1 aromatic carbocycles. The van der Waals surface area contributed by atoms with Crippen molar-refractivity contribution in [1.29, 1.82) is 0 Å². The lowest BCUT2D eigenvalue weighted by Gasteiger charge is -2.26. The summed E-state index contributed by atoms with van der Waals surface area (Å²) in [6.45, 7) is 2.82. The van der Waals surface area contributed by atoms with E-state index in [1.54, 1.807) is 36.5 Å². The number of imidazole rings is 1. The zero-order chi connectivity index (χ0) is 22.8. The van der Waals surface area contributed by atoms with Crippen LogP contribution < -0.4 is 11.1 Å². The quantitative estimate of drug-likeness (QED) is 0.592. The molecule has 0 atom stereocenters. The molecule has 0 bridgehead atoms. The molecule has 2 fully saturated rings. The zero-order valence-corrected chi connectivity index (χ0v) is 18.5. The summed E-state index contributed by atoms with van der Waals surface area (Å²) in [6, 6.07) is 8.69. The molecule has 3 aromatic rings. The molecule has 0 unspecified atom stereocenters. The third-order valence-corrected chi connectivity index (χ3v) is 6.35. The topological polar surface area (TPSA) is 115 Å². The average Bonchev–Trinajstić information content (AvgIpc) is 3.21. The van der Waals surface area contributed by atoms with Crippen molar-refractivity contribution in [2.24, 2.45) is 0 Å². The van der Waals surface area contributed by atoms with Gasteiger partial charge in [0.25, 0.3) is 11.8 Å². The van der Waals surface area contributed by atoms with E-state index in [9.17, 15) is 9.59 Å². The highest BCUT2D eigenvalue weighted by atomic mass is 16.5. The van der Waals surface area contributed by atoms with Crippen LogP contribution in [0.3, 0.4) is 0 Å². The van der Waals surface area contributed by atoms with Crippen molar-refractivity contribution in [3.63, 3.8) is 0 Å². The summed E-state index contributed by atoms with van der Waals surface area (Å²) in [5, 5.41) is 2.93. The third-order valence-electron chi connectivity index (χ3n) is 6.35. The standard InChI is InChI=1S/C24H28N6O3/c25-18-6-4-5-16(13-18)22(31)28-24-27-20-14-17(23(32)29-9-2-1-3-10-29)15-26-21(20)30(24)19-7-11-33-12-8-19/h4-6,13-15,19H,1-3,7-12,25H2,(H,27,28,31). The van der Waals surface area contributed by atoms with Gasteiger partial charge in [0.2, 0.25) is 5.95 Å². The van der Waals surface area contributed by atoms with Crippen LogP contribution in [-0.2, 0) is 4.74 Å². The first-order valence-corrected chi connectivity index (χ1v) is 11.5. The molecule has 0 spiro atoms. The molecule has 5 rings (SSSR count). The van der Waals surface area contributed by atoms with E-state index in [2.05, 4.69) is 15.3 Å². The number of likely N-dealkylation sites (tertiary alicyclic amines) is 1. The molecular weight excluding hydrogens is 420 g/mol. The highest BCUT2D eigenvalue weighted by Gasteiger charge is 2.26. The van der Waals surface area contributed by atoms with Crippen molar-refractivity contribution in [3.8, 4) is 0 Å². The zero-order valence-electron chi connectivity index (χ0n) is 18.5. The van der Waals surface area contributed by atoms with E-state index in [-0.39, 0.29) is 17.9 Å². The molecule has 33 heavy (non-hydrogen) atoms. The minimum Gasteiger partial charge on any atom is -0.399 e. The number of piperidine rings is 1. The number of anilines is 2. The Morgan fingerprint density at radius 3 is 2.61 bits per heavy atom. The molecule has 2 amide bonds. The molecule has 9 nitrogen and oxygen atoms in total. The van der Waals surface area contributed by atoms with Gasteiger partial charge in [-0.1, -0.05) is 6.07 Å². The molecule has 2 aromatic heterocycles. The number of rotatable bonds is 4. The monoisotopic (exact) mass is 448 g/mol. The van der Waals surface area contributed by atoms with Gasteiger partial charge in [-0.2, -0.15) is 0 Å². The smallest absolute Gasteiger partial charge is 0.258 e. The Bertz CT molecular complexity index is 1180. The number of carbonyl (C=O) groups excluding carboxylic acids is 2. The Kier molecular flexibility index (Phi) is 5.95. The fraction of sp³-hybridized carbons (Fsp3) is 0.417. The molecule has 172 valence electrons. The number of carbonyl (C=O) groups is 2. The lowest BCUT2D eigenvalue weighted by molar-refractivity contribution is 0.0709. The Morgan fingerprint density at radius 2 is 1.85 bits per heavy atom. The maximum atomic E-state index is 13.0. The number of amides is 2. The Labute approximate surface area is 191 Å². The summed E-state index contributed by atoms with van der Waals surface area (Å²) in [6.07, 6.45) is 6.43. The molecule has 2 aliphatic heterocycles. The highest BCUT2D eigenvalue weighted by molar-refractivity contribution is 6.04. The van der Waals surface area contributed by atoms with E-state index in [0.717, 1.165) is 45.2 Å². The van der Waals surface area contributed by atoms with Crippen LogP contribution in [0.2, 0.25) is 0 Å². The van der Waals surface area contributed by atoms with Gasteiger partial charge >= 0.3 is 0 Å². The second kappa shape index (κ2) is 9.19. The van der Waals surface area contributed by atoms with Crippen LogP contribution in [0.15, 0.2) is 36.5 Å². The normalized spacial score (nSPS) is 17.3. The summed E-state index contributed by atoms with van der Waals surface area (Å²) in [7, 11) is 0. The van der Waals surface area contributed by atoms with Crippen molar-refractivity contribution in [2.45, 2.75) is 38.1 Å². The number of fused-ring (bicyclic) bond motifs is 1. The lowest BCUT2D eigenvalue weighted by atomic mass is 10.1. The number of nitrogens with one attached hydrogen (secondary N) is 1. The number of nitrogens with zero attached hydrogens (tertiary/aromatic N) is 4. The Balaban J connectivity index is 1.50. The van der Waals surface area contributed by atoms with Gasteiger partial charge in [0.1, 0.15) is 5.52 Å². The first-order chi connectivity index (χ1) is 16.1. The van der Waals surface area contributed by atoms with Gasteiger partial charge in [0.15, 0.2) is 5.65 Å². The van der Waals surface area contributed by atoms with Crippen LogP contribution in [0.25, 0.3) is 11.2 Å². The van der Waals surface area contributed by atoms with Gasteiger partial charge in [-0.05, 0) is 56.4 Å². The van der Waals surface area contributed by atoms with Crippen LogP contribution in [-0.4, -0.2) is 57.6 Å². The molecule has 0 saturated carbocycles. The molecule has 9 heteroatoms. The van der Waals surface area contributed by atoms with Crippen LogP contribution >= 0.6 is 0 Å². The molecule has 2 saturated heterocycles. The van der Waals surface area contributed by atoms with Crippen molar-refractivity contribution in [3.05, 3.63) is 47.7 Å². The average molecular weight is 449 g/mol. The van der Waals surface area contributed by atoms with Gasteiger partial charge in [-0.3, -0.25) is 19.5 Å². The summed E-state index contributed by atoms with van der Waals surface area (Å²) in [5.74, 6) is 0.102. The van der Waals surface area contributed by atoms with Crippen LogP contribution in [0, 0.1) is 0 Å². The van der Waals surface area contributed by atoms with Crippen LogP contribution in [0.4, 0.5) is 11.6 Å². The second-order valence-electron chi connectivity index (χ2n) is 8.65.